The van der Waals surface area contributed by atoms with Crippen molar-refractivity contribution in [3.63, 3.8) is 0 Å². The Morgan fingerprint density at radius 2 is 2.00 bits per heavy atom. The van der Waals surface area contributed by atoms with E-state index in [9.17, 15) is 18.0 Å². The minimum absolute atomic E-state index is 0.0277. The van der Waals surface area contributed by atoms with Crippen LogP contribution < -0.4 is 10.5 Å². The molecule has 0 aromatic heterocycles. The Morgan fingerprint density at radius 1 is 1.37 bits per heavy atom. The summed E-state index contributed by atoms with van der Waals surface area (Å²) in [6.45, 7) is 0. The van der Waals surface area contributed by atoms with Crippen molar-refractivity contribution in [2.24, 2.45) is 5.73 Å². The maximum absolute atomic E-state index is 11.5. The first kappa shape index (κ1) is 15.3. The van der Waals surface area contributed by atoms with Crippen molar-refractivity contribution in [2.45, 2.75) is 6.42 Å². The Hall–Kier alpha value is -1.80. The fourth-order valence-corrected chi connectivity index (χ4v) is 2.47. The highest BCUT2D eigenvalue weighted by atomic mass is 35.5. The molecular weight excluding hydrogens is 296 g/mol. The summed E-state index contributed by atoms with van der Waals surface area (Å²) >= 11 is 5.71. The molecule has 104 valence electrons. The Labute approximate surface area is 114 Å². The lowest BCUT2D eigenvalue weighted by Crippen LogP contribution is -2.19. The summed E-state index contributed by atoms with van der Waals surface area (Å²) < 4.78 is 25.2. The zero-order valence-electron chi connectivity index (χ0n) is 9.59. The van der Waals surface area contributed by atoms with Gasteiger partial charge in [-0.15, -0.1) is 0 Å². The number of aliphatic carboxylic acids is 1. The maximum Gasteiger partial charge on any atom is 0.304 e. The van der Waals surface area contributed by atoms with Crippen LogP contribution in [0.2, 0.25) is 5.02 Å². The number of rotatable bonds is 6. The molecule has 9 heteroatoms. The van der Waals surface area contributed by atoms with E-state index in [1.807, 2.05) is 0 Å². The standard InChI is InChI=1S/C10H11ClN2O5S/c11-8-2-1-6(5-7(8)10(12)16)13-19(17,18)4-3-9(14)15/h1-2,5,13H,3-4H2,(H2,12,16)(H,14,15). The van der Waals surface area contributed by atoms with Crippen molar-refractivity contribution in [2.75, 3.05) is 10.5 Å². The van der Waals surface area contributed by atoms with E-state index >= 15 is 0 Å². The van der Waals surface area contributed by atoms with Crippen LogP contribution >= 0.6 is 11.6 Å². The van der Waals surface area contributed by atoms with Crippen LogP contribution in [-0.2, 0) is 14.8 Å². The lowest BCUT2D eigenvalue weighted by Gasteiger charge is -2.08. The van der Waals surface area contributed by atoms with Gasteiger partial charge in [0.1, 0.15) is 0 Å². The number of sulfonamides is 1. The van der Waals surface area contributed by atoms with E-state index in [0.717, 1.165) is 0 Å². The van der Waals surface area contributed by atoms with Crippen molar-refractivity contribution < 1.29 is 23.1 Å². The third-order valence-corrected chi connectivity index (χ3v) is 3.71. The predicted octanol–water partition coefficient (Wildman–Crippen LogP) is 0.655. The van der Waals surface area contributed by atoms with Crippen molar-refractivity contribution in [3.05, 3.63) is 28.8 Å². The number of nitrogens with one attached hydrogen (secondary N) is 1. The molecule has 0 saturated carbocycles. The molecule has 0 aliphatic rings. The number of hydrogen-bond donors (Lipinski definition) is 3. The van der Waals surface area contributed by atoms with E-state index in [1.165, 1.54) is 18.2 Å². The monoisotopic (exact) mass is 306 g/mol. The number of amides is 1. The first-order valence-electron chi connectivity index (χ1n) is 5.03. The first-order chi connectivity index (χ1) is 8.71. The van der Waals surface area contributed by atoms with Crippen LogP contribution in [0.15, 0.2) is 18.2 Å². The van der Waals surface area contributed by atoms with Gasteiger partial charge in [-0.05, 0) is 18.2 Å². The van der Waals surface area contributed by atoms with Crippen LogP contribution in [-0.4, -0.2) is 31.2 Å². The van der Waals surface area contributed by atoms with Crippen LogP contribution in [0.25, 0.3) is 0 Å². The van der Waals surface area contributed by atoms with Gasteiger partial charge >= 0.3 is 5.97 Å². The molecule has 0 aliphatic heterocycles. The molecule has 0 saturated heterocycles. The average molecular weight is 307 g/mol. The number of nitrogens with two attached hydrogens (primary N) is 1. The zero-order chi connectivity index (χ0) is 14.6. The third kappa shape index (κ3) is 4.76. The van der Waals surface area contributed by atoms with Crippen molar-refractivity contribution in [1.29, 1.82) is 0 Å². The van der Waals surface area contributed by atoms with E-state index in [2.05, 4.69) is 4.72 Å². The number of halogens is 1. The van der Waals surface area contributed by atoms with E-state index in [4.69, 9.17) is 22.4 Å². The highest BCUT2D eigenvalue weighted by molar-refractivity contribution is 7.92. The Kier molecular flexibility index (Phi) is 4.73. The first-order valence-corrected chi connectivity index (χ1v) is 7.06. The third-order valence-electron chi connectivity index (χ3n) is 2.09. The van der Waals surface area contributed by atoms with Crippen LogP contribution in [0.3, 0.4) is 0 Å². The molecule has 0 unspecified atom stereocenters. The van der Waals surface area contributed by atoms with Crippen molar-refractivity contribution in [3.8, 4) is 0 Å². The lowest BCUT2D eigenvalue weighted by atomic mass is 10.2. The van der Waals surface area contributed by atoms with Gasteiger partial charge in [0.25, 0.3) is 0 Å². The summed E-state index contributed by atoms with van der Waals surface area (Å²) in [5.41, 5.74) is 5.13. The number of benzene rings is 1. The summed E-state index contributed by atoms with van der Waals surface area (Å²) in [4.78, 5) is 21.4. The lowest BCUT2D eigenvalue weighted by molar-refractivity contribution is -0.136. The second kappa shape index (κ2) is 5.89. The van der Waals surface area contributed by atoms with Gasteiger partial charge in [-0.3, -0.25) is 14.3 Å². The molecule has 0 bridgehead atoms. The van der Waals surface area contributed by atoms with E-state index in [0.29, 0.717) is 0 Å². The highest BCUT2D eigenvalue weighted by Gasteiger charge is 2.14. The van der Waals surface area contributed by atoms with Crippen LogP contribution in [0.5, 0.6) is 0 Å². The van der Waals surface area contributed by atoms with Gasteiger partial charge in [-0.2, -0.15) is 0 Å². The Balaban J connectivity index is 2.91. The fraction of sp³-hybridized carbons (Fsp3) is 0.200. The number of carbonyl (C=O) groups is 2. The predicted molar refractivity (Wildman–Crippen MR) is 69.6 cm³/mol. The molecule has 1 amide bonds. The normalized spacial score (nSPS) is 11.0. The van der Waals surface area contributed by atoms with Crippen LogP contribution in [0, 0.1) is 0 Å². The second-order valence-electron chi connectivity index (χ2n) is 3.62. The quantitative estimate of drug-likeness (QED) is 0.711. The summed E-state index contributed by atoms with van der Waals surface area (Å²) in [7, 11) is -3.81. The van der Waals surface area contributed by atoms with E-state index in [1.54, 1.807) is 0 Å². The van der Waals surface area contributed by atoms with Gasteiger partial charge in [0.2, 0.25) is 15.9 Å². The summed E-state index contributed by atoms with van der Waals surface area (Å²) in [6, 6.07) is 3.84. The summed E-state index contributed by atoms with van der Waals surface area (Å²) in [5.74, 6) is -2.59. The molecule has 4 N–H and O–H groups in total. The van der Waals surface area contributed by atoms with Crippen molar-refractivity contribution >= 4 is 39.2 Å². The summed E-state index contributed by atoms with van der Waals surface area (Å²) in [5, 5.41) is 8.52. The maximum atomic E-state index is 11.5. The number of carboxylic acid groups (broad SMARTS) is 1. The number of hydrogen-bond acceptors (Lipinski definition) is 4. The Bertz CT molecular complexity index is 614. The summed E-state index contributed by atoms with van der Waals surface area (Å²) in [6.07, 6.45) is -0.522. The molecule has 0 heterocycles. The van der Waals surface area contributed by atoms with Crippen LogP contribution in [0.4, 0.5) is 5.69 Å². The molecule has 0 aliphatic carbocycles. The topological polar surface area (TPSA) is 127 Å². The number of anilines is 1. The molecule has 0 atom stereocenters. The van der Waals surface area contributed by atoms with E-state index in [-0.39, 0.29) is 16.3 Å². The minimum atomic E-state index is -3.81. The number of carboxylic acids is 1. The fourth-order valence-electron chi connectivity index (χ4n) is 1.23. The van der Waals surface area contributed by atoms with E-state index < -0.39 is 34.1 Å². The van der Waals surface area contributed by atoms with Gasteiger partial charge in [-0.1, -0.05) is 11.6 Å². The van der Waals surface area contributed by atoms with Gasteiger partial charge < -0.3 is 10.8 Å². The molecule has 0 spiro atoms. The molecule has 19 heavy (non-hydrogen) atoms. The van der Waals surface area contributed by atoms with Gasteiger partial charge in [-0.25, -0.2) is 8.42 Å². The van der Waals surface area contributed by atoms with Gasteiger partial charge in [0.05, 0.1) is 22.8 Å². The molecule has 1 rings (SSSR count). The number of primary amides is 1. The van der Waals surface area contributed by atoms with Crippen molar-refractivity contribution in [1.82, 2.24) is 0 Å². The molecule has 0 radical (unpaired) electrons. The SMILES string of the molecule is NC(=O)c1cc(NS(=O)(=O)CCC(=O)O)ccc1Cl. The second-order valence-corrected chi connectivity index (χ2v) is 5.87. The number of carbonyl (C=O) groups excluding carboxylic acids is 1. The molecule has 1 aromatic carbocycles. The van der Waals surface area contributed by atoms with Gasteiger partial charge in [0.15, 0.2) is 0 Å². The van der Waals surface area contributed by atoms with Gasteiger partial charge in [0, 0.05) is 5.69 Å². The smallest absolute Gasteiger partial charge is 0.304 e. The highest BCUT2D eigenvalue weighted by Crippen LogP contribution is 2.21. The molecule has 7 nitrogen and oxygen atoms in total. The van der Waals surface area contributed by atoms with Crippen LogP contribution in [0.1, 0.15) is 16.8 Å². The minimum Gasteiger partial charge on any atom is -0.481 e. The Morgan fingerprint density at radius 3 is 2.53 bits per heavy atom. The molecule has 1 aromatic rings. The zero-order valence-corrected chi connectivity index (χ0v) is 11.2. The molecule has 0 fully saturated rings. The largest absolute Gasteiger partial charge is 0.481 e. The average Bonchev–Trinajstić information content (AvgIpc) is 2.28. The molecular formula is C10H11ClN2O5S.